The number of aryl methyl sites for hydroxylation is 2. The van der Waals surface area contributed by atoms with Crippen molar-refractivity contribution in [2.75, 3.05) is 11.9 Å². The predicted octanol–water partition coefficient (Wildman–Crippen LogP) is 4.46. The van der Waals surface area contributed by atoms with Crippen molar-refractivity contribution in [1.82, 2.24) is 9.55 Å². The van der Waals surface area contributed by atoms with Crippen LogP contribution in [0.4, 0.5) is 10.3 Å². The zero-order valence-electron chi connectivity index (χ0n) is 12.2. The third kappa shape index (κ3) is 3.20. The summed E-state index contributed by atoms with van der Waals surface area (Å²) in [7, 11) is 0. The van der Waals surface area contributed by atoms with Gasteiger partial charge in [0.1, 0.15) is 5.82 Å². The largest absolute Gasteiger partial charge is 0.355 e. The van der Waals surface area contributed by atoms with Gasteiger partial charge in [-0.05, 0) is 53.4 Å². The Bertz CT molecular complexity index is 620. The van der Waals surface area contributed by atoms with E-state index in [1.54, 1.807) is 6.07 Å². The third-order valence-corrected chi connectivity index (χ3v) is 3.60. The fourth-order valence-electron chi connectivity index (χ4n) is 2.00. The predicted molar refractivity (Wildman–Crippen MR) is 84.0 cm³/mol. The molecule has 3 nitrogen and oxygen atoms in total. The van der Waals surface area contributed by atoms with Gasteiger partial charge in [-0.15, -0.1) is 0 Å². The maximum atomic E-state index is 13.5. The molecule has 1 heterocycles. The molecule has 0 saturated carbocycles. The van der Waals surface area contributed by atoms with E-state index < -0.39 is 0 Å². The lowest BCUT2D eigenvalue weighted by molar-refractivity contribution is 0.619. The molecular weight excluding hydrogens is 321 g/mol. The fraction of sp³-hybridized carbons (Fsp3) is 0.400. The Balaban J connectivity index is 2.44. The lowest BCUT2D eigenvalue weighted by Crippen LogP contribution is -2.12. The molecule has 0 aliphatic rings. The molecule has 0 bridgehead atoms. The maximum Gasteiger partial charge on any atom is 0.207 e. The van der Waals surface area contributed by atoms with Crippen molar-refractivity contribution in [2.24, 2.45) is 5.92 Å². The molecule has 20 heavy (non-hydrogen) atoms. The number of anilines is 1. The molecule has 108 valence electrons. The highest BCUT2D eigenvalue weighted by atomic mass is 79.9. The molecule has 2 rings (SSSR count). The topological polar surface area (TPSA) is 29.9 Å². The Hall–Kier alpha value is -1.36. The van der Waals surface area contributed by atoms with Crippen LogP contribution in [0.15, 0.2) is 22.8 Å². The van der Waals surface area contributed by atoms with Gasteiger partial charge in [0.25, 0.3) is 0 Å². The molecule has 2 aromatic rings. The van der Waals surface area contributed by atoms with Gasteiger partial charge in [-0.25, -0.2) is 9.37 Å². The molecule has 0 amide bonds. The van der Waals surface area contributed by atoms with Crippen LogP contribution in [0.2, 0.25) is 0 Å². The average Bonchev–Trinajstić information content (AvgIpc) is 2.72. The molecule has 1 aromatic heterocycles. The van der Waals surface area contributed by atoms with Crippen molar-refractivity contribution in [3.05, 3.63) is 39.9 Å². The Kier molecular flexibility index (Phi) is 4.48. The molecule has 0 saturated heterocycles. The Morgan fingerprint density at radius 1 is 1.35 bits per heavy atom. The number of nitrogens with one attached hydrogen (secondary N) is 1. The standard InChI is InChI=1S/C15H19BrFN3/c1-9(2)7-18-15-19-11(4)8-20(15)14-6-12(16)13(17)5-10(14)3/h5-6,8-9H,7H2,1-4H3,(H,18,19). The first-order valence-corrected chi connectivity index (χ1v) is 7.43. The molecular formula is C15H19BrFN3. The molecule has 0 radical (unpaired) electrons. The van der Waals surface area contributed by atoms with Gasteiger partial charge in [0, 0.05) is 12.7 Å². The number of halogens is 2. The third-order valence-electron chi connectivity index (χ3n) is 2.99. The number of hydrogen-bond acceptors (Lipinski definition) is 2. The van der Waals surface area contributed by atoms with Crippen LogP contribution in [0.5, 0.6) is 0 Å². The highest BCUT2D eigenvalue weighted by Gasteiger charge is 2.12. The lowest BCUT2D eigenvalue weighted by Gasteiger charge is -2.14. The highest BCUT2D eigenvalue weighted by Crippen LogP contribution is 2.26. The summed E-state index contributed by atoms with van der Waals surface area (Å²) in [6, 6.07) is 3.31. The molecule has 0 atom stereocenters. The lowest BCUT2D eigenvalue weighted by atomic mass is 10.2. The minimum atomic E-state index is -0.250. The van der Waals surface area contributed by atoms with Crippen molar-refractivity contribution in [1.29, 1.82) is 0 Å². The van der Waals surface area contributed by atoms with Crippen LogP contribution < -0.4 is 5.32 Å². The molecule has 5 heteroatoms. The first kappa shape index (κ1) is 15.0. The minimum absolute atomic E-state index is 0.250. The number of nitrogens with zero attached hydrogens (tertiary/aromatic N) is 2. The number of hydrogen-bond donors (Lipinski definition) is 1. The Morgan fingerprint density at radius 3 is 2.70 bits per heavy atom. The van der Waals surface area contributed by atoms with Crippen molar-refractivity contribution in [3.8, 4) is 5.69 Å². The summed E-state index contributed by atoms with van der Waals surface area (Å²) in [4.78, 5) is 4.49. The van der Waals surface area contributed by atoms with Crippen molar-refractivity contribution >= 4 is 21.9 Å². The van der Waals surface area contributed by atoms with Gasteiger partial charge < -0.3 is 5.32 Å². The van der Waals surface area contributed by atoms with Crippen LogP contribution in [-0.4, -0.2) is 16.1 Å². The van der Waals surface area contributed by atoms with Crippen LogP contribution in [-0.2, 0) is 0 Å². The summed E-state index contributed by atoms with van der Waals surface area (Å²) in [6.45, 7) is 8.98. The smallest absolute Gasteiger partial charge is 0.207 e. The Labute approximate surface area is 127 Å². The van der Waals surface area contributed by atoms with E-state index in [9.17, 15) is 4.39 Å². The number of imidazole rings is 1. The van der Waals surface area contributed by atoms with Gasteiger partial charge in [-0.1, -0.05) is 13.8 Å². The summed E-state index contributed by atoms with van der Waals surface area (Å²) < 4.78 is 16.0. The van der Waals surface area contributed by atoms with E-state index in [1.807, 2.05) is 24.6 Å². The van der Waals surface area contributed by atoms with E-state index >= 15 is 0 Å². The van der Waals surface area contributed by atoms with Crippen LogP contribution in [0.25, 0.3) is 5.69 Å². The molecule has 1 N–H and O–H groups in total. The molecule has 0 aliphatic carbocycles. The molecule has 1 aromatic carbocycles. The van der Waals surface area contributed by atoms with Gasteiger partial charge in [-0.2, -0.15) is 0 Å². The SMILES string of the molecule is Cc1cn(-c2cc(Br)c(F)cc2C)c(NCC(C)C)n1. The minimum Gasteiger partial charge on any atom is -0.355 e. The summed E-state index contributed by atoms with van der Waals surface area (Å²) >= 11 is 3.24. The van der Waals surface area contributed by atoms with Gasteiger partial charge >= 0.3 is 0 Å². The van der Waals surface area contributed by atoms with Crippen LogP contribution >= 0.6 is 15.9 Å². The molecule has 0 unspecified atom stereocenters. The highest BCUT2D eigenvalue weighted by molar-refractivity contribution is 9.10. The average molecular weight is 340 g/mol. The number of rotatable bonds is 4. The summed E-state index contributed by atoms with van der Waals surface area (Å²) in [6.07, 6.45) is 1.95. The van der Waals surface area contributed by atoms with Crippen LogP contribution in [0, 0.1) is 25.6 Å². The number of benzene rings is 1. The van der Waals surface area contributed by atoms with E-state index in [-0.39, 0.29) is 5.82 Å². The number of aromatic nitrogens is 2. The quantitative estimate of drug-likeness (QED) is 0.891. The summed E-state index contributed by atoms with van der Waals surface area (Å²) in [5, 5.41) is 3.34. The van der Waals surface area contributed by atoms with Gasteiger partial charge in [0.05, 0.1) is 15.9 Å². The van der Waals surface area contributed by atoms with Crippen LogP contribution in [0.1, 0.15) is 25.1 Å². The van der Waals surface area contributed by atoms with Crippen molar-refractivity contribution < 1.29 is 4.39 Å². The van der Waals surface area contributed by atoms with E-state index in [4.69, 9.17) is 0 Å². The van der Waals surface area contributed by atoms with Crippen LogP contribution in [0.3, 0.4) is 0 Å². The zero-order valence-corrected chi connectivity index (χ0v) is 13.8. The second-order valence-corrected chi connectivity index (χ2v) is 6.26. The second kappa shape index (κ2) is 5.95. The van der Waals surface area contributed by atoms with Crippen molar-refractivity contribution in [3.63, 3.8) is 0 Å². The molecule has 0 spiro atoms. The van der Waals surface area contributed by atoms with Gasteiger partial charge in [-0.3, -0.25) is 4.57 Å². The van der Waals surface area contributed by atoms with E-state index in [0.29, 0.717) is 10.4 Å². The van der Waals surface area contributed by atoms with E-state index in [1.165, 1.54) is 6.07 Å². The van der Waals surface area contributed by atoms with E-state index in [0.717, 1.165) is 29.4 Å². The first-order valence-electron chi connectivity index (χ1n) is 6.64. The first-order chi connectivity index (χ1) is 9.38. The monoisotopic (exact) mass is 339 g/mol. The summed E-state index contributed by atoms with van der Waals surface area (Å²) in [5.41, 5.74) is 2.72. The molecule has 0 fully saturated rings. The summed E-state index contributed by atoms with van der Waals surface area (Å²) in [5.74, 6) is 1.07. The van der Waals surface area contributed by atoms with Gasteiger partial charge in [0.2, 0.25) is 5.95 Å². The van der Waals surface area contributed by atoms with Gasteiger partial charge in [0.15, 0.2) is 0 Å². The van der Waals surface area contributed by atoms with Crippen molar-refractivity contribution in [2.45, 2.75) is 27.7 Å². The normalized spacial score (nSPS) is 11.2. The fourth-order valence-corrected chi connectivity index (χ4v) is 2.33. The second-order valence-electron chi connectivity index (χ2n) is 5.40. The Morgan fingerprint density at radius 2 is 2.05 bits per heavy atom. The molecule has 0 aliphatic heterocycles. The zero-order chi connectivity index (χ0) is 14.9. The van der Waals surface area contributed by atoms with E-state index in [2.05, 4.69) is 40.1 Å². The maximum absolute atomic E-state index is 13.5.